The van der Waals surface area contributed by atoms with Gasteiger partial charge in [0.15, 0.2) is 0 Å². The number of carboxylic acid groups (broad SMARTS) is 1. The molecule has 2 saturated heterocycles. The van der Waals surface area contributed by atoms with Gasteiger partial charge in [-0.15, -0.1) is 0 Å². The van der Waals surface area contributed by atoms with Gasteiger partial charge >= 0.3 is 12.1 Å². The standard InChI is InChI=1S/C15H26N2O4/c1-14(2,3)21-13(20)17-8-5-15(6-9-17)4-7-16(11-15)10-12(18)19/h4-11H2,1-3H3,(H,18,19). The van der Waals surface area contributed by atoms with E-state index >= 15 is 0 Å². The van der Waals surface area contributed by atoms with Gasteiger partial charge in [0.25, 0.3) is 0 Å². The molecule has 1 spiro atoms. The molecule has 1 N–H and O–H groups in total. The van der Waals surface area contributed by atoms with Crippen molar-refractivity contribution in [1.82, 2.24) is 9.80 Å². The molecule has 0 aromatic carbocycles. The molecule has 2 aliphatic heterocycles. The van der Waals surface area contributed by atoms with Gasteiger partial charge < -0.3 is 14.7 Å². The summed E-state index contributed by atoms with van der Waals surface area (Å²) in [6.45, 7) is 8.83. The highest BCUT2D eigenvalue weighted by atomic mass is 16.6. The number of aliphatic carboxylic acids is 1. The second kappa shape index (κ2) is 5.83. The molecule has 0 radical (unpaired) electrons. The highest BCUT2D eigenvalue weighted by Crippen LogP contribution is 2.40. The van der Waals surface area contributed by atoms with E-state index in [2.05, 4.69) is 0 Å². The lowest BCUT2D eigenvalue weighted by Gasteiger charge is -2.39. The Morgan fingerprint density at radius 3 is 2.24 bits per heavy atom. The number of likely N-dealkylation sites (tertiary alicyclic amines) is 2. The summed E-state index contributed by atoms with van der Waals surface area (Å²) < 4.78 is 5.40. The maximum Gasteiger partial charge on any atom is 0.410 e. The summed E-state index contributed by atoms with van der Waals surface area (Å²) in [7, 11) is 0. The molecule has 6 heteroatoms. The SMILES string of the molecule is CC(C)(C)OC(=O)N1CCC2(CCN(CC(=O)O)C2)CC1. The summed E-state index contributed by atoms with van der Waals surface area (Å²) >= 11 is 0. The van der Waals surface area contributed by atoms with Crippen LogP contribution in [0.25, 0.3) is 0 Å². The third kappa shape index (κ3) is 4.33. The van der Waals surface area contributed by atoms with Crippen LogP contribution in [0.2, 0.25) is 0 Å². The van der Waals surface area contributed by atoms with Gasteiger partial charge in [0.2, 0.25) is 0 Å². The number of amides is 1. The zero-order valence-corrected chi connectivity index (χ0v) is 13.2. The van der Waals surface area contributed by atoms with Crippen molar-refractivity contribution in [3.05, 3.63) is 0 Å². The molecule has 6 nitrogen and oxygen atoms in total. The lowest BCUT2D eigenvalue weighted by molar-refractivity contribution is -0.138. The fourth-order valence-electron chi connectivity index (χ4n) is 3.25. The Bertz CT molecular complexity index is 408. The van der Waals surface area contributed by atoms with E-state index in [1.807, 2.05) is 25.7 Å². The second-order valence-electron chi connectivity index (χ2n) is 7.32. The lowest BCUT2D eigenvalue weighted by atomic mass is 9.78. The fourth-order valence-corrected chi connectivity index (χ4v) is 3.25. The molecule has 21 heavy (non-hydrogen) atoms. The minimum Gasteiger partial charge on any atom is -0.480 e. The number of rotatable bonds is 2. The third-order valence-corrected chi connectivity index (χ3v) is 4.35. The van der Waals surface area contributed by atoms with E-state index < -0.39 is 11.6 Å². The number of hydrogen-bond donors (Lipinski definition) is 1. The average molecular weight is 298 g/mol. The van der Waals surface area contributed by atoms with E-state index in [0.717, 1.165) is 32.4 Å². The van der Waals surface area contributed by atoms with Crippen LogP contribution < -0.4 is 0 Å². The summed E-state index contributed by atoms with van der Waals surface area (Å²) in [6.07, 6.45) is 2.66. The molecule has 0 atom stereocenters. The molecule has 2 rings (SSSR count). The van der Waals surface area contributed by atoms with Crippen molar-refractivity contribution in [1.29, 1.82) is 0 Å². The van der Waals surface area contributed by atoms with Crippen LogP contribution in [0.3, 0.4) is 0 Å². The Morgan fingerprint density at radius 2 is 1.71 bits per heavy atom. The Kier molecular flexibility index (Phi) is 4.46. The first-order valence-corrected chi connectivity index (χ1v) is 7.61. The van der Waals surface area contributed by atoms with Crippen LogP contribution in [-0.4, -0.2) is 65.3 Å². The first-order chi connectivity index (χ1) is 9.69. The van der Waals surface area contributed by atoms with E-state index in [4.69, 9.17) is 9.84 Å². The van der Waals surface area contributed by atoms with Gasteiger partial charge in [-0.1, -0.05) is 0 Å². The van der Waals surface area contributed by atoms with E-state index in [9.17, 15) is 9.59 Å². The molecule has 0 saturated carbocycles. The van der Waals surface area contributed by atoms with Crippen molar-refractivity contribution in [2.75, 3.05) is 32.7 Å². The molecule has 0 aromatic heterocycles. The molecule has 2 aliphatic rings. The Morgan fingerprint density at radius 1 is 1.14 bits per heavy atom. The predicted molar refractivity (Wildman–Crippen MR) is 78.2 cm³/mol. The zero-order valence-electron chi connectivity index (χ0n) is 13.2. The molecule has 0 bridgehead atoms. The number of carbonyl (C=O) groups excluding carboxylic acids is 1. The van der Waals surface area contributed by atoms with Crippen LogP contribution in [0.5, 0.6) is 0 Å². The van der Waals surface area contributed by atoms with Gasteiger partial charge in [-0.05, 0) is 52.0 Å². The molecule has 1 amide bonds. The molecule has 0 unspecified atom stereocenters. The molecular weight excluding hydrogens is 272 g/mol. The quantitative estimate of drug-likeness (QED) is 0.841. The Hall–Kier alpha value is -1.30. The molecule has 0 aliphatic carbocycles. The summed E-state index contributed by atoms with van der Waals surface area (Å²) in [6, 6.07) is 0. The Labute approximate surface area is 126 Å². The predicted octanol–water partition coefficient (Wildman–Crippen LogP) is 1.79. The first kappa shape index (κ1) is 16.1. The first-order valence-electron chi connectivity index (χ1n) is 7.61. The monoisotopic (exact) mass is 298 g/mol. The minimum absolute atomic E-state index is 0.123. The molecule has 0 aromatic rings. The van der Waals surface area contributed by atoms with Gasteiger partial charge in [-0.2, -0.15) is 0 Å². The fraction of sp³-hybridized carbons (Fsp3) is 0.867. The summed E-state index contributed by atoms with van der Waals surface area (Å²) in [5, 5.41) is 8.87. The number of carbonyl (C=O) groups is 2. The van der Waals surface area contributed by atoms with Crippen LogP contribution >= 0.6 is 0 Å². The number of nitrogens with zero attached hydrogens (tertiary/aromatic N) is 2. The van der Waals surface area contributed by atoms with E-state index in [-0.39, 0.29) is 18.1 Å². The second-order valence-corrected chi connectivity index (χ2v) is 7.32. The zero-order chi connectivity index (χ0) is 15.7. The summed E-state index contributed by atoms with van der Waals surface area (Å²) in [5.74, 6) is -0.766. The topological polar surface area (TPSA) is 70.1 Å². The lowest BCUT2D eigenvalue weighted by Crippen LogP contribution is -2.46. The minimum atomic E-state index is -0.766. The summed E-state index contributed by atoms with van der Waals surface area (Å²) in [4.78, 5) is 26.6. The molecule has 2 heterocycles. The largest absolute Gasteiger partial charge is 0.480 e. The van der Waals surface area contributed by atoms with Crippen molar-refractivity contribution >= 4 is 12.1 Å². The van der Waals surface area contributed by atoms with E-state index in [0.29, 0.717) is 13.1 Å². The van der Waals surface area contributed by atoms with Crippen LogP contribution in [0, 0.1) is 5.41 Å². The normalized spacial score (nSPS) is 22.5. The smallest absolute Gasteiger partial charge is 0.410 e. The van der Waals surface area contributed by atoms with Crippen LogP contribution in [-0.2, 0) is 9.53 Å². The van der Waals surface area contributed by atoms with Crippen molar-refractivity contribution in [3.8, 4) is 0 Å². The van der Waals surface area contributed by atoms with Crippen molar-refractivity contribution in [2.24, 2.45) is 5.41 Å². The van der Waals surface area contributed by atoms with Crippen molar-refractivity contribution < 1.29 is 19.4 Å². The average Bonchev–Trinajstić information content (AvgIpc) is 2.70. The van der Waals surface area contributed by atoms with Crippen LogP contribution in [0.15, 0.2) is 0 Å². The van der Waals surface area contributed by atoms with Gasteiger partial charge in [0.05, 0.1) is 6.54 Å². The number of piperidine rings is 1. The molecule has 2 fully saturated rings. The number of ether oxygens (including phenoxy) is 1. The molecular formula is C15H26N2O4. The van der Waals surface area contributed by atoms with Crippen molar-refractivity contribution in [3.63, 3.8) is 0 Å². The van der Waals surface area contributed by atoms with E-state index in [1.54, 1.807) is 4.90 Å². The maximum absolute atomic E-state index is 12.0. The number of hydrogen-bond acceptors (Lipinski definition) is 4. The van der Waals surface area contributed by atoms with Crippen molar-refractivity contribution in [2.45, 2.75) is 45.6 Å². The molecule has 120 valence electrons. The van der Waals surface area contributed by atoms with Crippen LogP contribution in [0.4, 0.5) is 4.79 Å². The Balaban J connectivity index is 1.83. The number of carboxylic acids is 1. The summed E-state index contributed by atoms with van der Waals surface area (Å²) in [5.41, 5.74) is -0.272. The highest BCUT2D eigenvalue weighted by Gasteiger charge is 2.42. The van der Waals surface area contributed by atoms with Crippen LogP contribution in [0.1, 0.15) is 40.0 Å². The van der Waals surface area contributed by atoms with Gasteiger partial charge in [-0.3, -0.25) is 9.69 Å². The highest BCUT2D eigenvalue weighted by molar-refractivity contribution is 5.69. The third-order valence-electron chi connectivity index (χ3n) is 4.35. The van der Waals surface area contributed by atoms with Gasteiger partial charge in [0, 0.05) is 19.6 Å². The van der Waals surface area contributed by atoms with Gasteiger partial charge in [0.1, 0.15) is 5.60 Å². The van der Waals surface area contributed by atoms with Gasteiger partial charge in [-0.25, -0.2) is 4.79 Å². The maximum atomic E-state index is 12.0. The van der Waals surface area contributed by atoms with E-state index in [1.165, 1.54) is 0 Å².